The van der Waals surface area contributed by atoms with Gasteiger partial charge in [0, 0.05) is 0 Å². The summed E-state index contributed by atoms with van der Waals surface area (Å²) in [6.07, 6.45) is 0. The maximum Gasteiger partial charge on any atom is 0.264 e. The Morgan fingerprint density at radius 3 is 2.08 bits per heavy atom. The molecule has 0 aliphatic carbocycles. The van der Waals surface area contributed by atoms with Crippen molar-refractivity contribution in [2.24, 2.45) is 0 Å². The van der Waals surface area contributed by atoms with E-state index >= 15 is 0 Å². The van der Waals surface area contributed by atoms with E-state index < -0.39 is 10.0 Å². The van der Waals surface area contributed by atoms with Gasteiger partial charge in [0.1, 0.15) is 5.82 Å². The second-order valence-corrected chi connectivity index (χ2v) is 7.60. The topological polar surface area (TPSA) is 37.4 Å². The molecule has 0 radical (unpaired) electrons. The van der Waals surface area contributed by atoms with Gasteiger partial charge in [-0.15, -0.1) is 0 Å². The van der Waals surface area contributed by atoms with Crippen molar-refractivity contribution < 1.29 is 12.8 Å². The van der Waals surface area contributed by atoms with Crippen LogP contribution in [0.2, 0.25) is 0 Å². The van der Waals surface area contributed by atoms with Crippen molar-refractivity contribution in [1.82, 2.24) is 0 Å². The summed E-state index contributed by atoms with van der Waals surface area (Å²) in [5.74, 6) is -0.350. The molecule has 0 saturated heterocycles. The van der Waals surface area contributed by atoms with Gasteiger partial charge in [-0.25, -0.2) is 12.8 Å². The number of nitrogens with zero attached hydrogens (tertiary/aromatic N) is 1. The SMILES string of the molecule is Cc1ccccc1N(Cc1ccc(F)cc1)S(=O)(=O)c1ccccc1. The van der Waals surface area contributed by atoms with Crippen LogP contribution in [0.25, 0.3) is 0 Å². The number of para-hydroxylation sites is 1. The van der Waals surface area contributed by atoms with Crippen molar-refractivity contribution in [1.29, 1.82) is 0 Å². The first-order valence-electron chi connectivity index (χ1n) is 7.86. The number of hydrogen-bond donors (Lipinski definition) is 0. The van der Waals surface area contributed by atoms with Crippen LogP contribution in [0.4, 0.5) is 10.1 Å². The Kier molecular flexibility index (Phi) is 4.86. The lowest BCUT2D eigenvalue weighted by molar-refractivity contribution is 0.590. The molecule has 0 atom stereocenters. The largest absolute Gasteiger partial charge is 0.264 e. The van der Waals surface area contributed by atoms with E-state index in [0.29, 0.717) is 11.3 Å². The van der Waals surface area contributed by atoms with Crippen LogP contribution >= 0.6 is 0 Å². The molecule has 0 spiro atoms. The summed E-state index contributed by atoms with van der Waals surface area (Å²) in [7, 11) is -3.75. The van der Waals surface area contributed by atoms with Gasteiger partial charge in [-0.1, -0.05) is 48.5 Å². The van der Waals surface area contributed by atoms with Crippen molar-refractivity contribution in [3.8, 4) is 0 Å². The third kappa shape index (κ3) is 3.72. The zero-order valence-electron chi connectivity index (χ0n) is 13.8. The highest BCUT2D eigenvalue weighted by atomic mass is 32.2. The number of anilines is 1. The summed E-state index contributed by atoms with van der Waals surface area (Å²) in [5, 5.41) is 0. The van der Waals surface area contributed by atoms with E-state index in [-0.39, 0.29) is 17.3 Å². The number of aryl methyl sites for hydroxylation is 1. The summed E-state index contributed by atoms with van der Waals surface area (Å²) in [5.41, 5.74) is 2.17. The van der Waals surface area contributed by atoms with Crippen LogP contribution in [-0.4, -0.2) is 8.42 Å². The molecule has 3 aromatic carbocycles. The molecule has 0 fully saturated rings. The standard InChI is InChI=1S/C20H18FNO2S/c1-16-7-5-6-10-20(16)22(15-17-11-13-18(21)14-12-17)25(23,24)19-8-3-2-4-9-19/h2-14H,15H2,1H3. The van der Waals surface area contributed by atoms with Gasteiger partial charge in [-0.3, -0.25) is 4.31 Å². The minimum atomic E-state index is -3.75. The number of sulfonamides is 1. The highest BCUT2D eigenvalue weighted by molar-refractivity contribution is 7.92. The molecule has 3 nitrogen and oxygen atoms in total. The molecule has 5 heteroatoms. The van der Waals surface area contributed by atoms with Crippen LogP contribution in [0.1, 0.15) is 11.1 Å². The molecule has 0 aromatic heterocycles. The van der Waals surface area contributed by atoms with Gasteiger partial charge in [0.25, 0.3) is 10.0 Å². The lowest BCUT2D eigenvalue weighted by Gasteiger charge is -2.26. The summed E-state index contributed by atoms with van der Waals surface area (Å²) < 4.78 is 41.0. The Bertz CT molecular complexity index is 955. The first-order chi connectivity index (χ1) is 12.0. The fourth-order valence-corrected chi connectivity index (χ4v) is 4.16. The number of benzene rings is 3. The Morgan fingerprint density at radius 2 is 1.44 bits per heavy atom. The molecule has 0 unspecified atom stereocenters. The molecule has 0 saturated carbocycles. The monoisotopic (exact) mass is 355 g/mol. The van der Waals surface area contributed by atoms with Gasteiger partial charge in [-0.05, 0) is 48.4 Å². The third-order valence-corrected chi connectivity index (χ3v) is 5.73. The molecule has 0 amide bonds. The predicted molar refractivity (Wildman–Crippen MR) is 97.4 cm³/mol. The van der Waals surface area contributed by atoms with Gasteiger partial charge in [0.2, 0.25) is 0 Å². The Hall–Kier alpha value is -2.66. The molecular formula is C20H18FNO2S. The molecule has 0 aliphatic rings. The zero-order chi connectivity index (χ0) is 17.9. The van der Waals surface area contributed by atoms with E-state index in [1.54, 1.807) is 54.6 Å². The summed E-state index contributed by atoms with van der Waals surface area (Å²) >= 11 is 0. The highest BCUT2D eigenvalue weighted by Crippen LogP contribution is 2.28. The second-order valence-electron chi connectivity index (χ2n) is 5.74. The van der Waals surface area contributed by atoms with E-state index in [1.807, 2.05) is 19.1 Å². The lowest BCUT2D eigenvalue weighted by Crippen LogP contribution is -2.31. The molecule has 0 aliphatic heterocycles. The Morgan fingerprint density at radius 1 is 0.840 bits per heavy atom. The van der Waals surface area contributed by atoms with Crippen molar-refractivity contribution in [2.75, 3.05) is 4.31 Å². The van der Waals surface area contributed by atoms with Crippen molar-refractivity contribution >= 4 is 15.7 Å². The predicted octanol–water partition coefficient (Wildman–Crippen LogP) is 4.53. The minimum absolute atomic E-state index is 0.127. The lowest BCUT2D eigenvalue weighted by atomic mass is 10.2. The van der Waals surface area contributed by atoms with Crippen LogP contribution < -0.4 is 4.31 Å². The Balaban J connectivity index is 2.09. The van der Waals surface area contributed by atoms with Gasteiger partial charge >= 0.3 is 0 Å². The van der Waals surface area contributed by atoms with Gasteiger partial charge in [-0.2, -0.15) is 0 Å². The molecular weight excluding hydrogens is 337 g/mol. The summed E-state index contributed by atoms with van der Waals surface area (Å²) in [6.45, 7) is 2.00. The van der Waals surface area contributed by atoms with Crippen LogP contribution in [0.5, 0.6) is 0 Å². The maximum absolute atomic E-state index is 13.2. The normalized spacial score (nSPS) is 11.3. The first kappa shape index (κ1) is 17.2. The fourth-order valence-electron chi connectivity index (χ4n) is 2.62. The van der Waals surface area contributed by atoms with Gasteiger partial charge in [0.15, 0.2) is 0 Å². The smallest absolute Gasteiger partial charge is 0.262 e. The van der Waals surface area contributed by atoms with Crippen molar-refractivity contribution in [3.05, 3.63) is 95.8 Å². The van der Waals surface area contributed by atoms with E-state index in [2.05, 4.69) is 0 Å². The van der Waals surface area contributed by atoms with Crippen LogP contribution in [0.15, 0.2) is 83.8 Å². The molecule has 0 bridgehead atoms. The fraction of sp³-hybridized carbons (Fsp3) is 0.100. The average molecular weight is 355 g/mol. The Labute approximate surface area is 147 Å². The minimum Gasteiger partial charge on any atom is -0.262 e. The molecule has 0 heterocycles. The quantitative estimate of drug-likeness (QED) is 0.674. The van der Waals surface area contributed by atoms with Crippen molar-refractivity contribution in [3.63, 3.8) is 0 Å². The first-order valence-corrected chi connectivity index (χ1v) is 9.30. The van der Waals surface area contributed by atoms with Crippen LogP contribution in [0.3, 0.4) is 0 Å². The zero-order valence-corrected chi connectivity index (χ0v) is 14.6. The van der Waals surface area contributed by atoms with E-state index in [9.17, 15) is 12.8 Å². The summed E-state index contributed by atoms with van der Waals surface area (Å²) in [4.78, 5) is 0.223. The molecule has 25 heavy (non-hydrogen) atoms. The second kappa shape index (κ2) is 7.07. The molecule has 128 valence electrons. The van der Waals surface area contributed by atoms with E-state index in [1.165, 1.54) is 16.4 Å². The van der Waals surface area contributed by atoms with Crippen LogP contribution in [-0.2, 0) is 16.6 Å². The average Bonchev–Trinajstić information content (AvgIpc) is 2.63. The van der Waals surface area contributed by atoms with Gasteiger partial charge < -0.3 is 0 Å². The van der Waals surface area contributed by atoms with E-state index in [4.69, 9.17) is 0 Å². The van der Waals surface area contributed by atoms with E-state index in [0.717, 1.165) is 5.56 Å². The number of rotatable bonds is 5. The highest BCUT2D eigenvalue weighted by Gasteiger charge is 2.26. The molecule has 3 aromatic rings. The number of halogens is 1. The van der Waals surface area contributed by atoms with Crippen molar-refractivity contribution in [2.45, 2.75) is 18.4 Å². The molecule has 0 N–H and O–H groups in total. The third-order valence-electron chi connectivity index (χ3n) is 3.95. The number of hydrogen-bond acceptors (Lipinski definition) is 2. The summed E-state index contributed by atoms with van der Waals surface area (Å²) in [6, 6.07) is 21.5. The maximum atomic E-state index is 13.2. The van der Waals surface area contributed by atoms with Gasteiger partial charge in [0.05, 0.1) is 17.1 Å². The molecule has 3 rings (SSSR count). The van der Waals surface area contributed by atoms with Crippen LogP contribution in [0, 0.1) is 12.7 Å².